The zero-order valence-electron chi connectivity index (χ0n) is 36.8. The number of rotatable bonds is 16. The van der Waals surface area contributed by atoms with Crippen molar-refractivity contribution in [1.82, 2.24) is 49.1 Å². The highest BCUT2D eigenvalue weighted by atomic mass is 79.9. The molecule has 0 aliphatic rings. The van der Waals surface area contributed by atoms with E-state index in [-0.39, 0.29) is 23.0 Å². The van der Waals surface area contributed by atoms with E-state index in [4.69, 9.17) is 9.47 Å². The number of carbonyl (C=O) groups excluding carboxylic acids is 1. The number of benzene rings is 2. The number of aromatic nitrogens is 10. The summed E-state index contributed by atoms with van der Waals surface area (Å²) in [5, 5.41) is 51.0. The molecule has 0 amide bonds. The maximum Gasteiger partial charge on any atom is 0.406 e. The van der Waals surface area contributed by atoms with Crippen molar-refractivity contribution in [2.45, 2.75) is 59.1 Å². The summed E-state index contributed by atoms with van der Waals surface area (Å²) in [4.78, 5) is 42.4. The fourth-order valence-corrected chi connectivity index (χ4v) is 9.00. The number of pyridine rings is 2. The first-order valence-electron chi connectivity index (χ1n) is 20.7. The van der Waals surface area contributed by atoms with Crippen molar-refractivity contribution in [1.29, 1.82) is 0 Å². The van der Waals surface area contributed by atoms with Crippen molar-refractivity contribution in [3.63, 3.8) is 0 Å². The molecule has 0 fully saturated rings. The van der Waals surface area contributed by atoms with Crippen LogP contribution in [0.15, 0.2) is 116 Å². The number of ether oxygens (including phenoxy) is 2. The lowest BCUT2D eigenvalue weighted by Gasteiger charge is -2.20. The van der Waals surface area contributed by atoms with Gasteiger partial charge in [0, 0.05) is 48.1 Å². The van der Waals surface area contributed by atoms with Gasteiger partial charge in [-0.3, -0.25) is 14.2 Å². The largest absolute Gasteiger partial charge is 0.478 e. The van der Waals surface area contributed by atoms with E-state index in [0.717, 1.165) is 0 Å². The zero-order valence-corrected chi connectivity index (χ0v) is 43.2. The summed E-state index contributed by atoms with van der Waals surface area (Å²) in [6, 6.07) is 14.0. The van der Waals surface area contributed by atoms with Gasteiger partial charge in [-0.25, -0.2) is 18.1 Å². The van der Waals surface area contributed by atoms with Gasteiger partial charge in [0.05, 0.1) is 50.2 Å². The van der Waals surface area contributed by atoms with Crippen LogP contribution in [0.4, 0.5) is 20.4 Å². The molecule has 0 aliphatic carbocycles. The van der Waals surface area contributed by atoms with Crippen LogP contribution in [0.3, 0.4) is 0 Å². The Balaban J connectivity index is 0.000000206. The summed E-state index contributed by atoms with van der Waals surface area (Å²) >= 11 is 13.3. The van der Waals surface area contributed by atoms with Crippen molar-refractivity contribution in [3.8, 4) is 22.9 Å². The van der Waals surface area contributed by atoms with Gasteiger partial charge in [0.2, 0.25) is 17.3 Å². The van der Waals surface area contributed by atoms with E-state index < -0.39 is 51.4 Å². The molecule has 0 bridgehead atoms. The van der Waals surface area contributed by atoms with Gasteiger partial charge in [0.1, 0.15) is 44.8 Å². The number of hydrogen-bond acceptors (Lipinski definition) is 14. The quantitative estimate of drug-likeness (QED) is 0.0538. The topological polar surface area (TPSA) is 239 Å². The predicted octanol–water partition coefficient (Wildman–Crippen LogP) is 10.7. The van der Waals surface area contributed by atoms with Crippen LogP contribution in [-0.2, 0) is 13.1 Å². The SMILES string of the molecule is CCn1ncc(C(=O)c2ccnn2-c2ccc(F)cc2C(C)Oc2cc(Br)cnc2[N+](=O)[O-])c1Br.CCn1ncc(C(O)c2ccnn2-c2ccc(F)cc2C(C)Oc2cc(Br)cnc2[N+](=O)[O-])c1Br. The number of aliphatic hydroxyl groups excluding tert-OH is 1. The Kier molecular flexibility index (Phi) is 16.1. The van der Waals surface area contributed by atoms with E-state index in [2.05, 4.69) is 94.1 Å². The molecule has 26 heteroatoms. The van der Waals surface area contributed by atoms with Gasteiger partial charge in [-0.15, -0.1) is 0 Å². The lowest BCUT2D eigenvalue weighted by molar-refractivity contribution is -0.390. The molecule has 8 aromatic rings. The van der Waals surface area contributed by atoms with E-state index in [1.807, 2.05) is 13.8 Å². The van der Waals surface area contributed by atoms with Crippen LogP contribution < -0.4 is 9.47 Å². The second-order valence-corrected chi connectivity index (χ2v) is 18.1. The standard InChI is InChI=1S/C22H19Br2FN6O4.C22H17Br2FN6O4/c2*1-3-29-21(24)16(11-28-29)20(32)18-6-7-27-30(18)17-5-4-14(25)9-15(17)12(2)35-19-8-13(23)10-26-22(19)31(33)34/h4-12,20,32H,3H2,1-2H3;4-12H,3H2,1-2H3. The molecular formula is C44H36Br4F2N12O8. The number of carbonyl (C=O) groups is 1. The number of nitro groups is 2. The molecule has 0 spiro atoms. The Bertz CT molecular complexity index is 3250. The molecule has 362 valence electrons. The predicted molar refractivity (Wildman–Crippen MR) is 261 cm³/mol. The van der Waals surface area contributed by atoms with Gasteiger partial charge in [0.15, 0.2) is 12.4 Å². The highest BCUT2D eigenvalue weighted by Gasteiger charge is 2.28. The summed E-state index contributed by atoms with van der Waals surface area (Å²) in [7, 11) is 0. The van der Waals surface area contributed by atoms with Crippen LogP contribution in [0, 0.1) is 31.9 Å². The van der Waals surface area contributed by atoms with Gasteiger partial charge >= 0.3 is 11.6 Å². The highest BCUT2D eigenvalue weighted by molar-refractivity contribution is 9.11. The number of hydrogen-bond donors (Lipinski definition) is 1. The molecule has 0 radical (unpaired) electrons. The molecule has 0 aliphatic heterocycles. The average molecular weight is 1220 g/mol. The number of aryl methyl sites for hydroxylation is 2. The lowest BCUT2D eigenvalue weighted by Crippen LogP contribution is -2.15. The fraction of sp³-hybridized carbons (Fsp3) is 0.205. The molecule has 0 saturated heterocycles. The molecule has 2 aromatic carbocycles. The van der Waals surface area contributed by atoms with Crippen molar-refractivity contribution < 1.29 is 38.0 Å². The van der Waals surface area contributed by atoms with Gasteiger partial charge in [-0.05, 0) is 160 Å². The Morgan fingerprint density at radius 3 is 1.66 bits per heavy atom. The highest BCUT2D eigenvalue weighted by Crippen LogP contribution is 2.37. The first kappa shape index (κ1) is 51.2. The Hall–Kier alpha value is -6.61. The molecule has 6 aromatic heterocycles. The average Bonchev–Trinajstić information content (AvgIpc) is 4.16. The minimum absolute atomic E-state index is 0.0799. The van der Waals surface area contributed by atoms with Gasteiger partial charge < -0.3 is 34.8 Å². The molecular weight excluding hydrogens is 1180 g/mol. The van der Waals surface area contributed by atoms with E-state index >= 15 is 0 Å². The third kappa shape index (κ3) is 10.9. The molecule has 0 saturated carbocycles. The number of halogens is 6. The first-order chi connectivity index (χ1) is 33.4. The Morgan fingerprint density at radius 2 is 1.16 bits per heavy atom. The van der Waals surface area contributed by atoms with E-state index in [1.165, 1.54) is 88.9 Å². The smallest absolute Gasteiger partial charge is 0.406 e. The summed E-state index contributed by atoms with van der Waals surface area (Å²) in [5.41, 5.74) is 3.00. The van der Waals surface area contributed by atoms with Crippen molar-refractivity contribution in [2.75, 3.05) is 0 Å². The maximum absolute atomic E-state index is 14.3. The van der Waals surface area contributed by atoms with Gasteiger partial charge in [0.25, 0.3) is 0 Å². The monoisotopic (exact) mass is 1210 g/mol. The van der Waals surface area contributed by atoms with E-state index in [0.29, 0.717) is 70.6 Å². The molecule has 1 N–H and O–H groups in total. The Morgan fingerprint density at radius 1 is 0.671 bits per heavy atom. The third-order valence-corrected chi connectivity index (χ3v) is 13.0. The lowest BCUT2D eigenvalue weighted by atomic mass is 10.1. The molecule has 8 rings (SSSR count). The second kappa shape index (κ2) is 22.0. The van der Waals surface area contributed by atoms with Crippen molar-refractivity contribution in [2.24, 2.45) is 0 Å². The first-order valence-corrected chi connectivity index (χ1v) is 23.8. The summed E-state index contributed by atoms with van der Waals surface area (Å²) in [5.74, 6) is -2.54. The van der Waals surface area contributed by atoms with E-state index in [9.17, 15) is 38.9 Å². The van der Waals surface area contributed by atoms with E-state index in [1.54, 1.807) is 41.5 Å². The van der Waals surface area contributed by atoms with Gasteiger partial charge in [-0.2, -0.15) is 20.4 Å². The van der Waals surface area contributed by atoms with Crippen LogP contribution in [0.25, 0.3) is 11.4 Å². The molecule has 3 atom stereocenters. The molecule has 70 heavy (non-hydrogen) atoms. The van der Waals surface area contributed by atoms with Crippen molar-refractivity contribution in [3.05, 3.63) is 182 Å². The summed E-state index contributed by atoms with van der Waals surface area (Å²) in [6.45, 7) is 8.24. The summed E-state index contributed by atoms with van der Waals surface area (Å²) in [6.07, 6.45) is 5.78. The van der Waals surface area contributed by atoms with Crippen LogP contribution in [0.5, 0.6) is 11.5 Å². The maximum atomic E-state index is 14.3. The van der Waals surface area contributed by atoms with Gasteiger partial charge in [-0.1, -0.05) is 0 Å². The number of aliphatic hydroxyl groups is 1. The minimum Gasteiger partial charge on any atom is -0.478 e. The molecule has 3 unspecified atom stereocenters. The van der Waals surface area contributed by atoms with Crippen molar-refractivity contribution >= 4 is 81.1 Å². The minimum atomic E-state index is -1.09. The third-order valence-electron chi connectivity index (χ3n) is 10.4. The fourth-order valence-electron chi connectivity index (χ4n) is 7.09. The normalized spacial score (nSPS) is 12.4. The Labute approximate surface area is 429 Å². The van der Waals surface area contributed by atoms with Crippen LogP contribution in [0.2, 0.25) is 0 Å². The molecule has 6 heterocycles. The number of ketones is 1. The van der Waals surface area contributed by atoms with Crippen LogP contribution in [-0.4, -0.2) is 69.8 Å². The number of nitrogens with zero attached hydrogens (tertiary/aromatic N) is 12. The summed E-state index contributed by atoms with van der Waals surface area (Å²) < 4.78 is 48.6. The molecule has 20 nitrogen and oxygen atoms in total. The van der Waals surface area contributed by atoms with Crippen LogP contribution >= 0.6 is 63.7 Å². The zero-order chi connectivity index (χ0) is 50.6. The van der Waals surface area contributed by atoms with Crippen LogP contribution in [0.1, 0.15) is 84.4 Å². The second-order valence-electron chi connectivity index (χ2n) is 14.8.